The molecule has 24 heavy (non-hydrogen) atoms. The van der Waals surface area contributed by atoms with Crippen molar-refractivity contribution in [1.82, 2.24) is 0 Å². The molecule has 0 aromatic heterocycles. The predicted molar refractivity (Wildman–Crippen MR) is 93.1 cm³/mol. The van der Waals surface area contributed by atoms with Gasteiger partial charge in [-0.15, -0.1) is 0 Å². The Kier molecular flexibility index (Phi) is 4.35. The fourth-order valence-corrected chi connectivity index (χ4v) is 4.10. The highest BCUT2D eigenvalue weighted by Gasteiger charge is 2.25. The van der Waals surface area contributed by atoms with Crippen LogP contribution in [0.15, 0.2) is 45.8 Å². The number of anilines is 2. The Morgan fingerprint density at radius 2 is 2.00 bits per heavy atom. The fraction of sp³-hybridized carbons (Fsp3) is 0.188. The second-order valence-electron chi connectivity index (χ2n) is 5.44. The Morgan fingerprint density at radius 1 is 1.25 bits per heavy atom. The molecule has 0 fully saturated rings. The predicted octanol–water partition coefficient (Wildman–Crippen LogP) is 3.30. The molecule has 5 nitrogen and oxygen atoms in total. The molecule has 2 aromatic carbocycles. The summed E-state index contributed by atoms with van der Waals surface area (Å²) in [6.45, 7) is 2.00. The fourth-order valence-electron chi connectivity index (χ4n) is 2.65. The number of amides is 1. The van der Waals surface area contributed by atoms with Gasteiger partial charge in [-0.25, -0.2) is 12.8 Å². The molecule has 1 aliphatic rings. The molecule has 0 spiro atoms. The van der Waals surface area contributed by atoms with Crippen LogP contribution in [-0.4, -0.2) is 20.9 Å². The molecule has 8 heteroatoms. The van der Waals surface area contributed by atoms with E-state index in [1.54, 1.807) is 17.0 Å². The van der Waals surface area contributed by atoms with E-state index in [-0.39, 0.29) is 16.5 Å². The molecule has 3 rings (SSSR count). The van der Waals surface area contributed by atoms with E-state index in [2.05, 4.69) is 20.7 Å². The third-order valence-electron chi connectivity index (χ3n) is 3.81. The second kappa shape index (κ2) is 6.18. The van der Waals surface area contributed by atoms with Gasteiger partial charge in [-0.05, 0) is 48.4 Å². The monoisotopic (exact) mass is 412 g/mol. The zero-order valence-corrected chi connectivity index (χ0v) is 15.1. The molecule has 126 valence electrons. The first-order valence-corrected chi connectivity index (χ1v) is 9.44. The van der Waals surface area contributed by atoms with E-state index in [4.69, 9.17) is 0 Å². The first kappa shape index (κ1) is 16.9. The van der Waals surface area contributed by atoms with E-state index in [1.807, 2.05) is 0 Å². The first-order chi connectivity index (χ1) is 11.3. The highest BCUT2D eigenvalue weighted by Crippen LogP contribution is 2.31. The van der Waals surface area contributed by atoms with Gasteiger partial charge < -0.3 is 4.90 Å². The van der Waals surface area contributed by atoms with Crippen LogP contribution in [0.2, 0.25) is 0 Å². The number of rotatable bonds is 3. The zero-order chi connectivity index (χ0) is 17.5. The molecule has 0 radical (unpaired) electrons. The highest BCUT2D eigenvalue weighted by molar-refractivity contribution is 9.10. The van der Waals surface area contributed by atoms with Crippen LogP contribution in [0.1, 0.15) is 12.5 Å². The molecule has 0 atom stereocenters. The molecule has 0 unspecified atom stereocenters. The van der Waals surface area contributed by atoms with E-state index in [0.717, 1.165) is 11.3 Å². The van der Waals surface area contributed by atoms with Gasteiger partial charge in [0.05, 0.1) is 10.6 Å². The zero-order valence-electron chi connectivity index (χ0n) is 12.7. The number of nitrogens with one attached hydrogen (secondary N) is 1. The van der Waals surface area contributed by atoms with Gasteiger partial charge in [-0.2, -0.15) is 0 Å². The topological polar surface area (TPSA) is 66.5 Å². The van der Waals surface area contributed by atoms with Crippen LogP contribution in [0.4, 0.5) is 15.8 Å². The lowest BCUT2D eigenvalue weighted by atomic mass is 10.2. The highest BCUT2D eigenvalue weighted by atomic mass is 79.9. The van der Waals surface area contributed by atoms with Gasteiger partial charge in [-0.3, -0.25) is 9.52 Å². The molecule has 0 saturated heterocycles. The average molecular weight is 413 g/mol. The van der Waals surface area contributed by atoms with Crippen molar-refractivity contribution in [1.29, 1.82) is 0 Å². The molecule has 1 aliphatic heterocycles. The van der Waals surface area contributed by atoms with Gasteiger partial charge in [0.2, 0.25) is 5.91 Å². The number of hydrogen-bond donors (Lipinski definition) is 1. The number of carbonyl (C=O) groups is 1. The lowest BCUT2D eigenvalue weighted by Gasteiger charge is -2.15. The summed E-state index contributed by atoms with van der Waals surface area (Å²) in [5.74, 6) is -0.753. The molecular weight excluding hydrogens is 399 g/mol. The van der Waals surface area contributed by atoms with Crippen molar-refractivity contribution in [2.75, 3.05) is 16.2 Å². The summed E-state index contributed by atoms with van der Waals surface area (Å²) in [6.07, 6.45) is 0.588. The molecule has 0 aliphatic carbocycles. The van der Waals surface area contributed by atoms with E-state index in [9.17, 15) is 17.6 Å². The third-order valence-corrected chi connectivity index (χ3v) is 5.67. The minimum Gasteiger partial charge on any atom is -0.312 e. The van der Waals surface area contributed by atoms with Crippen molar-refractivity contribution in [3.63, 3.8) is 0 Å². The largest absolute Gasteiger partial charge is 0.312 e. The number of halogens is 2. The van der Waals surface area contributed by atoms with Gasteiger partial charge in [-0.1, -0.05) is 15.9 Å². The average Bonchev–Trinajstić information content (AvgIpc) is 2.93. The van der Waals surface area contributed by atoms with E-state index < -0.39 is 15.8 Å². The number of hydrogen-bond acceptors (Lipinski definition) is 3. The van der Waals surface area contributed by atoms with Crippen molar-refractivity contribution in [2.45, 2.75) is 18.2 Å². The van der Waals surface area contributed by atoms with Crippen LogP contribution in [0.5, 0.6) is 0 Å². The Morgan fingerprint density at radius 3 is 2.67 bits per heavy atom. The van der Waals surface area contributed by atoms with Crippen molar-refractivity contribution >= 4 is 43.2 Å². The molecule has 0 saturated carbocycles. The second-order valence-corrected chi connectivity index (χ2v) is 8.04. The number of fused-ring (bicyclic) bond motifs is 1. The van der Waals surface area contributed by atoms with Crippen molar-refractivity contribution in [2.24, 2.45) is 0 Å². The standard InChI is InChI=1S/C16H14BrFN2O3S/c1-10(21)20-7-6-11-8-13(3-5-16(11)20)24(22,23)19-15-4-2-12(17)9-14(15)18/h2-5,8-9,19H,6-7H2,1H3. The van der Waals surface area contributed by atoms with Crippen LogP contribution in [0.25, 0.3) is 0 Å². The minimum absolute atomic E-state index is 0.0361. The van der Waals surface area contributed by atoms with Crippen LogP contribution in [0.3, 0.4) is 0 Å². The summed E-state index contributed by atoms with van der Waals surface area (Å²) < 4.78 is 41.6. The molecule has 1 amide bonds. The van der Waals surface area contributed by atoms with E-state index >= 15 is 0 Å². The third kappa shape index (κ3) is 3.16. The SMILES string of the molecule is CC(=O)N1CCc2cc(S(=O)(=O)Nc3ccc(Br)cc3F)ccc21. The van der Waals surface area contributed by atoms with Crippen molar-refractivity contribution < 1.29 is 17.6 Å². The Bertz CT molecular complexity index is 931. The lowest BCUT2D eigenvalue weighted by molar-refractivity contribution is -0.116. The first-order valence-electron chi connectivity index (χ1n) is 7.17. The van der Waals surface area contributed by atoms with E-state index in [0.29, 0.717) is 17.4 Å². The van der Waals surface area contributed by atoms with Gasteiger partial charge in [0.1, 0.15) is 5.82 Å². The summed E-state index contributed by atoms with van der Waals surface area (Å²) >= 11 is 3.12. The minimum atomic E-state index is -3.92. The quantitative estimate of drug-likeness (QED) is 0.840. The summed E-state index contributed by atoms with van der Waals surface area (Å²) in [5, 5.41) is 0. The maximum atomic E-state index is 13.9. The summed E-state index contributed by atoms with van der Waals surface area (Å²) in [5.41, 5.74) is 1.38. The van der Waals surface area contributed by atoms with Crippen LogP contribution in [0, 0.1) is 5.82 Å². The molecule has 0 bridgehead atoms. The summed E-state index contributed by atoms with van der Waals surface area (Å²) in [7, 11) is -3.92. The summed E-state index contributed by atoms with van der Waals surface area (Å²) in [6, 6.07) is 8.63. The van der Waals surface area contributed by atoms with Crippen molar-refractivity contribution in [3.05, 3.63) is 52.3 Å². The van der Waals surface area contributed by atoms with Crippen LogP contribution in [-0.2, 0) is 21.2 Å². The number of benzene rings is 2. The Balaban J connectivity index is 1.92. The number of nitrogens with zero attached hydrogens (tertiary/aromatic N) is 1. The van der Waals surface area contributed by atoms with E-state index in [1.165, 1.54) is 31.2 Å². The molecule has 1 heterocycles. The van der Waals surface area contributed by atoms with Gasteiger partial charge in [0.25, 0.3) is 10.0 Å². The maximum Gasteiger partial charge on any atom is 0.261 e. The number of carbonyl (C=O) groups excluding carboxylic acids is 1. The van der Waals surface area contributed by atoms with Crippen LogP contribution >= 0.6 is 15.9 Å². The Hall–Kier alpha value is -1.93. The maximum absolute atomic E-state index is 13.9. The van der Waals surface area contributed by atoms with Crippen molar-refractivity contribution in [3.8, 4) is 0 Å². The van der Waals surface area contributed by atoms with Gasteiger partial charge >= 0.3 is 0 Å². The normalized spacial score (nSPS) is 13.7. The smallest absolute Gasteiger partial charge is 0.261 e. The molecule has 1 N–H and O–H groups in total. The number of sulfonamides is 1. The molecular formula is C16H14BrFN2O3S. The van der Waals surface area contributed by atoms with Gasteiger partial charge in [0.15, 0.2) is 0 Å². The van der Waals surface area contributed by atoms with Crippen LogP contribution < -0.4 is 9.62 Å². The lowest BCUT2D eigenvalue weighted by Crippen LogP contribution is -2.25. The van der Waals surface area contributed by atoms with Gasteiger partial charge in [0, 0.05) is 23.6 Å². The summed E-state index contributed by atoms with van der Waals surface area (Å²) in [4.78, 5) is 13.2. The molecule has 2 aromatic rings. The Labute approximate surface area is 147 Å².